The molecule has 0 saturated heterocycles. The lowest BCUT2D eigenvalue weighted by atomic mass is 10.0. The molecule has 1 aromatic rings. The van der Waals surface area contributed by atoms with Gasteiger partial charge in [-0.05, 0) is 12.1 Å². The molecule has 1 aromatic carbocycles. The molecule has 1 aliphatic rings. The Bertz CT molecular complexity index is 339. The van der Waals surface area contributed by atoms with E-state index in [2.05, 4.69) is 0 Å². The van der Waals surface area contributed by atoms with Crippen molar-refractivity contribution in [1.29, 1.82) is 0 Å². The molecule has 0 fully saturated rings. The van der Waals surface area contributed by atoms with Gasteiger partial charge in [-0.1, -0.05) is 23.2 Å². The molecule has 2 nitrogen and oxygen atoms in total. The first-order chi connectivity index (χ1) is 6.20. The molecule has 70 valence electrons. The Morgan fingerprint density at radius 2 is 2.15 bits per heavy atom. The van der Waals surface area contributed by atoms with Gasteiger partial charge in [0.25, 0.3) is 0 Å². The van der Waals surface area contributed by atoms with Crippen molar-refractivity contribution < 1.29 is 9.84 Å². The third kappa shape index (κ3) is 1.50. The Morgan fingerprint density at radius 3 is 2.92 bits per heavy atom. The predicted octanol–water partition coefficient (Wildman–Crippen LogP) is 2.81. The highest BCUT2D eigenvalue weighted by atomic mass is 35.5. The van der Waals surface area contributed by atoms with Crippen LogP contribution in [0.25, 0.3) is 0 Å². The number of rotatable bonds is 0. The van der Waals surface area contributed by atoms with E-state index < -0.39 is 6.10 Å². The highest BCUT2D eigenvalue weighted by molar-refractivity contribution is 6.42. The standard InChI is InChI=1S/C9H8Cl2O2/c10-5-1-2-7-8(9(5)11)6(12)3-4-13-7/h1-2,6,12H,3-4H2. The quantitative estimate of drug-likeness (QED) is 0.726. The monoisotopic (exact) mass is 218 g/mol. The lowest BCUT2D eigenvalue weighted by Crippen LogP contribution is -2.14. The molecule has 0 amide bonds. The molecule has 0 bridgehead atoms. The molecule has 13 heavy (non-hydrogen) atoms. The first-order valence-electron chi connectivity index (χ1n) is 3.99. The summed E-state index contributed by atoms with van der Waals surface area (Å²) in [4.78, 5) is 0. The van der Waals surface area contributed by atoms with E-state index in [4.69, 9.17) is 27.9 Å². The Morgan fingerprint density at radius 1 is 1.38 bits per heavy atom. The second-order valence-corrected chi connectivity index (χ2v) is 3.71. The SMILES string of the molecule is OC1CCOc2ccc(Cl)c(Cl)c21. The summed E-state index contributed by atoms with van der Waals surface area (Å²) in [7, 11) is 0. The van der Waals surface area contributed by atoms with Crippen molar-refractivity contribution >= 4 is 23.2 Å². The minimum atomic E-state index is -0.560. The number of aliphatic hydroxyl groups is 1. The van der Waals surface area contributed by atoms with Crippen molar-refractivity contribution in [3.63, 3.8) is 0 Å². The maximum absolute atomic E-state index is 9.64. The van der Waals surface area contributed by atoms with Gasteiger partial charge in [0, 0.05) is 12.0 Å². The van der Waals surface area contributed by atoms with Crippen molar-refractivity contribution in [3.05, 3.63) is 27.7 Å². The van der Waals surface area contributed by atoms with Crippen LogP contribution in [0, 0.1) is 0 Å². The van der Waals surface area contributed by atoms with Crippen molar-refractivity contribution in [3.8, 4) is 5.75 Å². The van der Waals surface area contributed by atoms with Crippen molar-refractivity contribution in [1.82, 2.24) is 0 Å². The van der Waals surface area contributed by atoms with Crippen molar-refractivity contribution in [2.75, 3.05) is 6.61 Å². The molecule has 4 heteroatoms. The number of benzene rings is 1. The molecule has 1 aliphatic heterocycles. The summed E-state index contributed by atoms with van der Waals surface area (Å²) >= 11 is 11.7. The fourth-order valence-electron chi connectivity index (χ4n) is 1.41. The Hall–Kier alpha value is -0.440. The second kappa shape index (κ2) is 3.37. The van der Waals surface area contributed by atoms with Crippen LogP contribution in [0.4, 0.5) is 0 Å². The first-order valence-corrected chi connectivity index (χ1v) is 4.74. The third-order valence-electron chi connectivity index (χ3n) is 2.07. The number of halogens is 2. The van der Waals surface area contributed by atoms with E-state index in [0.29, 0.717) is 34.4 Å². The zero-order chi connectivity index (χ0) is 9.42. The molecule has 0 radical (unpaired) electrons. The number of hydrogen-bond acceptors (Lipinski definition) is 2. The zero-order valence-electron chi connectivity index (χ0n) is 6.76. The van der Waals surface area contributed by atoms with E-state index >= 15 is 0 Å². The first kappa shape index (κ1) is 9.13. The van der Waals surface area contributed by atoms with Gasteiger partial charge in [0.1, 0.15) is 5.75 Å². The van der Waals surface area contributed by atoms with Crippen LogP contribution in [0.15, 0.2) is 12.1 Å². The Labute approximate surface area is 86.0 Å². The number of aliphatic hydroxyl groups excluding tert-OH is 1. The van der Waals surface area contributed by atoms with Gasteiger partial charge in [-0.3, -0.25) is 0 Å². The summed E-state index contributed by atoms with van der Waals surface area (Å²) in [5.74, 6) is 0.633. The molecule has 1 unspecified atom stereocenters. The molecule has 0 saturated carbocycles. The molecule has 1 atom stereocenters. The van der Waals surface area contributed by atoms with E-state index in [-0.39, 0.29) is 0 Å². The average molecular weight is 219 g/mol. The zero-order valence-corrected chi connectivity index (χ0v) is 8.27. The van der Waals surface area contributed by atoms with E-state index in [1.807, 2.05) is 0 Å². The summed E-state index contributed by atoms with van der Waals surface area (Å²) in [6, 6.07) is 3.40. The largest absolute Gasteiger partial charge is 0.493 e. The summed E-state index contributed by atoms with van der Waals surface area (Å²) in [6.45, 7) is 0.520. The Balaban J connectivity index is 2.58. The maximum Gasteiger partial charge on any atom is 0.126 e. The lowest BCUT2D eigenvalue weighted by Gasteiger charge is -2.23. The summed E-state index contributed by atoms with van der Waals surface area (Å²) in [6.07, 6.45) is 0.00233. The van der Waals surface area contributed by atoms with Crippen LogP contribution in [-0.2, 0) is 0 Å². The smallest absolute Gasteiger partial charge is 0.126 e. The van der Waals surface area contributed by atoms with Crippen LogP contribution >= 0.6 is 23.2 Å². The minimum absolute atomic E-state index is 0.395. The van der Waals surface area contributed by atoms with Gasteiger partial charge in [0.2, 0.25) is 0 Å². The van der Waals surface area contributed by atoms with Gasteiger partial charge in [-0.25, -0.2) is 0 Å². The third-order valence-corrected chi connectivity index (χ3v) is 2.89. The molecule has 1 heterocycles. The normalized spacial score (nSPS) is 20.7. The molecular formula is C9H8Cl2O2. The average Bonchev–Trinajstić information content (AvgIpc) is 2.12. The lowest BCUT2D eigenvalue weighted by molar-refractivity contribution is 0.115. The van der Waals surface area contributed by atoms with Crippen LogP contribution in [-0.4, -0.2) is 11.7 Å². The van der Waals surface area contributed by atoms with Gasteiger partial charge in [-0.2, -0.15) is 0 Å². The van der Waals surface area contributed by atoms with Crippen molar-refractivity contribution in [2.24, 2.45) is 0 Å². The summed E-state index contributed by atoms with van der Waals surface area (Å²) in [5.41, 5.74) is 0.611. The fourth-order valence-corrected chi connectivity index (χ4v) is 1.86. The van der Waals surface area contributed by atoms with E-state index in [0.717, 1.165) is 0 Å². The highest BCUT2D eigenvalue weighted by Gasteiger charge is 2.23. The van der Waals surface area contributed by atoms with Crippen molar-refractivity contribution in [2.45, 2.75) is 12.5 Å². The number of fused-ring (bicyclic) bond motifs is 1. The summed E-state index contributed by atoms with van der Waals surface area (Å²) < 4.78 is 5.33. The predicted molar refractivity (Wildman–Crippen MR) is 51.5 cm³/mol. The molecule has 0 aromatic heterocycles. The van der Waals surface area contributed by atoms with Crippen LogP contribution < -0.4 is 4.74 Å². The van der Waals surface area contributed by atoms with E-state index in [9.17, 15) is 5.11 Å². The fraction of sp³-hybridized carbons (Fsp3) is 0.333. The van der Waals surface area contributed by atoms with Crippen LogP contribution in [0.2, 0.25) is 10.0 Å². The van der Waals surface area contributed by atoms with Crippen LogP contribution in [0.3, 0.4) is 0 Å². The topological polar surface area (TPSA) is 29.5 Å². The Kier molecular flexibility index (Phi) is 2.37. The van der Waals surface area contributed by atoms with Gasteiger partial charge in [-0.15, -0.1) is 0 Å². The minimum Gasteiger partial charge on any atom is -0.493 e. The van der Waals surface area contributed by atoms with Gasteiger partial charge in [0.15, 0.2) is 0 Å². The number of hydrogen-bond donors (Lipinski definition) is 1. The second-order valence-electron chi connectivity index (χ2n) is 2.93. The maximum atomic E-state index is 9.64. The highest BCUT2D eigenvalue weighted by Crippen LogP contribution is 2.40. The summed E-state index contributed by atoms with van der Waals surface area (Å²) in [5, 5.41) is 10.5. The molecule has 1 N–H and O–H groups in total. The van der Waals surface area contributed by atoms with Crippen LogP contribution in [0.1, 0.15) is 18.1 Å². The molecule has 0 spiro atoms. The number of ether oxygens (including phenoxy) is 1. The van der Waals surface area contributed by atoms with Crippen LogP contribution in [0.5, 0.6) is 5.75 Å². The molecule has 2 rings (SSSR count). The van der Waals surface area contributed by atoms with Gasteiger partial charge >= 0.3 is 0 Å². The molecular weight excluding hydrogens is 211 g/mol. The van der Waals surface area contributed by atoms with Gasteiger partial charge < -0.3 is 9.84 Å². The van der Waals surface area contributed by atoms with Gasteiger partial charge in [0.05, 0.1) is 22.8 Å². The van der Waals surface area contributed by atoms with E-state index in [1.165, 1.54) is 0 Å². The van der Waals surface area contributed by atoms with E-state index in [1.54, 1.807) is 12.1 Å². The molecule has 0 aliphatic carbocycles.